The number of carbonyl (C=O) groups is 6. The van der Waals surface area contributed by atoms with Gasteiger partial charge in [0.15, 0.2) is 0 Å². The highest BCUT2D eigenvalue weighted by atomic mass is 32.2. The van der Waals surface area contributed by atoms with Crippen molar-refractivity contribution in [2.45, 2.75) is 87.5 Å². The molecule has 0 unspecified atom stereocenters. The third-order valence-electron chi connectivity index (χ3n) is 11.5. The fourth-order valence-corrected chi connectivity index (χ4v) is 9.42. The van der Waals surface area contributed by atoms with Gasteiger partial charge in [-0.3, -0.25) is 28.8 Å². The molecule has 0 aliphatic heterocycles. The summed E-state index contributed by atoms with van der Waals surface area (Å²) in [6.45, 7) is 5.80. The van der Waals surface area contributed by atoms with Crippen LogP contribution >= 0.6 is 47.0 Å². The smallest absolute Gasteiger partial charge is 0.261 e. The van der Waals surface area contributed by atoms with Crippen LogP contribution in [0.3, 0.4) is 0 Å². The maximum atomic E-state index is 12.3. The van der Waals surface area contributed by atoms with E-state index < -0.39 is 17.7 Å². The first-order chi connectivity index (χ1) is 35.2. The molecule has 74 heavy (non-hydrogen) atoms. The van der Waals surface area contributed by atoms with Crippen molar-refractivity contribution in [2.75, 3.05) is 48.9 Å². The highest BCUT2D eigenvalue weighted by molar-refractivity contribution is 8.21. The molecule has 3 aliphatic carbocycles. The van der Waals surface area contributed by atoms with Gasteiger partial charge >= 0.3 is 0 Å². The van der Waals surface area contributed by atoms with Gasteiger partial charge in [0.25, 0.3) is 35.4 Å². The van der Waals surface area contributed by atoms with Crippen LogP contribution in [0, 0.1) is 32.1 Å². The van der Waals surface area contributed by atoms with Crippen LogP contribution in [0.5, 0.6) is 0 Å². The molecule has 2 heterocycles. The van der Waals surface area contributed by atoms with Gasteiger partial charge in [0.05, 0.1) is 15.6 Å². The molecule has 0 spiro atoms. The average Bonchev–Trinajstić information content (AvgIpc) is 4.31. The minimum atomic E-state index is -0.661. The minimum absolute atomic E-state index is 0.0361. The van der Waals surface area contributed by atoms with E-state index in [4.69, 9.17) is 33.9 Å². The van der Waals surface area contributed by atoms with Gasteiger partial charge in [0.2, 0.25) is 0 Å². The summed E-state index contributed by atoms with van der Waals surface area (Å²) in [5.74, 6) is -1.76. The van der Waals surface area contributed by atoms with Crippen LogP contribution in [-0.2, 0) is 4.79 Å². The molecule has 0 saturated heterocycles. The van der Waals surface area contributed by atoms with Crippen LogP contribution in [0.15, 0.2) is 74.5 Å². The predicted octanol–water partition coefficient (Wildman–Crippen LogP) is 5.81. The Balaban J connectivity index is 0.000000191. The molecule has 0 radical (unpaired) electrons. The number of aryl methyl sites for hydroxylation is 3. The topological polar surface area (TPSA) is 340 Å². The number of nitrogen functional groups attached to an aromatic ring is 2. The van der Waals surface area contributed by atoms with Gasteiger partial charge in [-0.2, -0.15) is 15.5 Å². The van der Waals surface area contributed by atoms with E-state index in [1.165, 1.54) is 56.4 Å². The Morgan fingerprint density at radius 3 is 1.20 bits per heavy atom. The number of hydrogen-bond acceptors (Lipinski definition) is 16. The average molecular weight is 1080 g/mol. The van der Waals surface area contributed by atoms with Crippen LogP contribution in [0.2, 0.25) is 0 Å². The number of rotatable bonds is 16. The van der Waals surface area contributed by atoms with Gasteiger partial charge < -0.3 is 49.9 Å². The summed E-state index contributed by atoms with van der Waals surface area (Å²) >= 11 is 5.29. The SMILES string of the molecule is CNc1cc(C(=O)NC2CC2)ccc1C.CSC(SC)=C(C#N)C(N)=O.CSc1nn(-c2cc(C(=O)NC3CC3)ccc2C)c(N)c1C(N)=O.CSc1nn(-c2cc(C(=O)NC3CC3)ccc2C)c(N)c1C(N)=O. The van der Waals surface area contributed by atoms with Crippen molar-refractivity contribution >= 4 is 99.8 Å². The van der Waals surface area contributed by atoms with Gasteiger partial charge in [-0.25, -0.2) is 9.36 Å². The van der Waals surface area contributed by atoms with Crippen LogP contribution in [0.1, 0.15) is 107 Å². The summed E-state index contributed by atoms with van der Waals surface area (Å²) < 4.78 is 3.60. The number of carbonyl (C=O) groups excluding carboxylic acids is 6. The number of benzene rings is 3. The lowest BCUT2D eigenvalue weighted by Crippen LogP contribution is -2.25. The van der Waals surface area contributed by atoms with Crippen molar-refractivity contribution in [2.24, 2.45) is 17.2 Å². The molecular weight excluding hydrogens is 1020 g/mol. The van der Waals surface area contributed by atoms with E-state index in [2.05, 4.69) is 31.5 Å². The van der Waals surface area contributed by atoms with Crippen molar-refractivity contribution in [1.82, 2.24) is 35.5 Å². The van der Waals surface area contributed by atoms with Gasteiger partial charge in [-0.15, -0.1) is 47.0 Å². The summed E-state index contributed by atoms with van der Waals surface area (Å²) in [7, 11) is 1.87. The van der Waals surface area contributed by atoms with E-state index in [9.17, 15) is 28.8 Å². The van der Waals surface area contributed by atoms with E-state index in [1.807, 2.05) is 58.2 Å². The van der Waals surface area contributed by atoms with Crippen LogP contribution in [0.25, 0.3) is 11.4 Å². The summed E-state index contributed by atoms with van der Waals surface area (Å²) in [5.41, 5.74) is 35.4. The molecular formula is C50H62N14O6S4. The van der Waals surface area contributed by atoms with E-state index in [0.29, 0.717) is 42.8 Å². The molecule has 24 heteroatoms. The van der Waals surface area contributed by atoms with E-state index >= 15 is 0 Å². The van der Waals surface area contributed by atoms with Crippen molar-refractivity contribution in [3.63, 3.8) is 0 Å². The fourth-order valence-electron chi connectivity index (χ4n) is 6.90. The third-order valence-corrected chi connectivity index (χ3v) is 15.0. The van der Waals surface area contributed by atoms with E-state index in [-0.39, 0.29) is 58.1 Å². The summed E-state index contributed by atoms with van der Waals surface area (Å²) in [4.78, 5) is 70.2. The highest BCUT2D eigenvalue weighted by Crippen LogP contribution is 2.31. The third kappa shape index (κ3) is 15.0. The standard InChI is InChI=1S/2C16H19N5O2S.C12H16N2O.C6H8N2OS2/c2*1-8-3-4-9(15(23)19-10-5-6-10)7-11(8)21-13(17)12(14(18)22)16(20-21)24-2;1-8-3-4-9(7-11(8)13-2)12(15)14-10-5-6-10;1-10-6(11-2)4(3-7)5(8)9/h2*3-4,7,10H,5-6,17H2,1-2H3,(H2,18,22)(H,19,23);3-4,7,10,13H,5-6H2,1-2H3,(H,14,15);1-2H3,(H2,8,9). The normalized spacial score (nSPS) is 13.2. The largest absolute Gasteiger partial charge is 0.388 e. The zero-order valence-corrected chi connectivity index (χ0v) is 45.6. The second-order valence-corrected chi connectivity index (χ2v) is 20.6. The first kappa shape index (κ1) is 57.8. The number of thioether (sulfide) groups is 4. The number of amides is 6. The quantitative estimate of drug-likeness (QED) is 0.0320. The number of nitrogens with one attached hydrogen (secondary N) is 4. The lowest BCUT2D eigenvalue weighted by molar-refractivity contribution is -0.114. The molecule has 5 aromatic rings. The van der Waals surface area contributed by atoms with Crippen molar-refractivity contribution in [3.05, 3.63) is 109 Å². The summed E-state index contributed by atoms with van der Waals surface area (Å²) in [6, 6.07) is 19.1. The molecule has 3 aliphatic rings. The predicted molar refractivity (Wildman–Crippen MR) is 297 cm³/mol. The number of anilines is 3. The van der Waals surface area contributed by atoms with Crippen LogP contribution < -0.4 is 49.9 Å². The summed E-state index contributed by atoms with van der Waals surface area (Å²) in [5, 5.41) is 30.1. The van der Waals surface area contributed by atoms with Crippen LogP contribution in [0.4, 0.5) is 17.3 Å². The Hall–Kier alpha value is -7.07. The number of nitrogens with two attached hydrogens (primary N) is 5. The second kappa shape index (κ2) is 26.2. The lowest BCUT2D eigenvalue weighted by atomic mass is 10.1. The highest BCUT2D eigenvalue weighted by Gasteiger charge is 2.28. The maximum absolute atomic E-state index is 12.3. The van der Waals surface area contributed by atoms with E-state index in [1.54, 1.807) is 55.4 Å². The molecule has 8 rings (SSSR count). The molecule has 14 N–H and O–H groups in total. The number of nitrogens with zero attached hydrogens (tertiary/aromatic N) is 5. The molecule has 3 aromatic carbocycles. The number of nitriles is 1. The van der Waals surface area contributed by atoms with Crippen molar-refractivity contribution in [1.29, 1.82) is 5.26 Å². The Morgan fingerprint density at radius 2 is 0.946 bits per heavy atom. The van der Waals surface area contributed by atoms with Gasteiger partial charge in [0, 0.05) is 47.6 Å². The van der Waals surface area contributed by atoms with Crippen molar-refractivity contribution in [3.8, 4) is 17.4 Å². The Morgan fingerprint density at radius 1 is 0.595 bits per heavy atom. The van der Waals surface area contributed by atoms with Crippen LogP contribution in [-0.4, -0.2) is 105 Å². The maximum Gasteiger partial charge on any atom is 0.261 e. The van der Waals surface area contributed by atoms with Gasteiger partial charge in [-0.05, 0) is 137 Å². The fraction of sp³-hybridized carbons (Fsp3) is 0.340. The van der Waals surface area contributed by atoms with Gasteiger partial charge in [-0.1, -0.05) is 18.2 Å². The number of hydrogen-bond donors (Lipinski definition) is 9. The Bertz CT molecular complexity index is 2880. The first-order valence-electron chi connectivity index (χ1n) is 23.1. The molecule has 20 nitrogen and oxygen atoms in total. The summed E-state index contributed by atoms with van der Waals surface area (Å²) in [6.07, 6.45) is 13.5. The zero-order chi connectivity index (χ0) is 54.6. The minimum Gasteiger partial charge on any atom is -0.388 e. The molecule has 6 amide bonds. The first-order valence-corrected chi connectivity index (χ1v) is 28.0. The Kier molecular flexibility index (Phi) is 20.5. The Labute approximate surface area is 446 Å². The second-order valence-electron chi connectivity index (χ2n) is 17.2. The van der Waals surface area contributed by atoms with Crippen molar-refractivity contribution < 1.29 is 28.8 Å². The lowest BCUT2D eigenvalue weighted by Gasteiger charge is -2.11. The molecule has 2 aromatic heterocycles. The molecule has 392 valence electrons. The van der Waals surface area contributed by atoms with Gasteiger partial charge in [0.1, 0.15) is 44.5 Å². The molecule has 3 fully saturated rings. The van der Waals surface area contributed by atoms with E-state index in [0.717, 1.165) is 66.5 Å². The molecule has 3 saturated carbocycles. The monoisotopic (exact) mass is 1080 g/mol. The zero-order valence-electron chi connectivity index (χ0n) is 42.4. The molecule has 0 atom stereocenters. The molecule has 0 bridgehead atoms. The number of aromatic nitrogens is 4. The number of primary amides is 3.